The molecule has 2 amide bonds. The minimum atomic E-state index is -0.0811. The normalized spacial score (nSPS) is 21.4. The second-order valence-electron chi connectivity index (χ2n) is 5.69. The highest BCUT2D eigenvalue weighted by molar-refractivity contribution is 7.99. The van der Waals surface area contributed by atoms with E-state index in [9.17, 15) is 4.79 Å². The van der Waals surface area contributed by atoms with Gasteiger partial charge in [-0.15, -0.1) is 0 Å². The Morgan fingerprint density at radius 3 is 2.82 bits per heavy atom. The van der Waals surface area contributed by atoms with Crippen LogP contribution in [-0.4, -0.2) is 43.3 Å². The van der Waals surface area contributed by atoms with Crippen LogP contribution in [0.15, 0.2) is 18.2 Å². The molecular formula is C16H22N2O3S. The van der Waals surface area contributed by atoms with Gasteiger partial charge in [0.15, 0.2) is 0 Å². The van der Waals surface area contributed by atoms with E-state index in [0.717, 1.165) is 47.8 Å². The van der Waals surface area contributed by atoms with Crippen molar-refractivity contribution >= 4 is 17.8 Å². The largest absolute Gasteiger partial charge is 0.497 e. The topological polar surface area (TPSA) is 59.6 Å². The molecule has 3 rings (SSSR count). The van der Waals surface area contributed by atoms with E-state index >= 15 is 0 Å². The van der Waals surface area contributed by atoms with E-state index in [0.29, 0.717) is 12.6 Å². The molecule has 1 atom stereocenters. The Morgan fingerprint density at radius 2 is 2.05 bits per heavy atom. The zero-order chi connectivity index (χ0) is 15.4. The molecule has 2 aliphatic heterocycles. The number of thioether (sulfide) groups is 1. The van der Waals surface area contributed by atoms with E-state index in [1.165, 1.54) is 0 Å². The van der Waals surface area contributed by atoms with Crippen LogP contribution in [0.25, 0.3) is 0 Å². The van der Waals surface area contributed by atoms with Gasteiger partial charge in [-0.05, 0) is 42.4 Å². The van der Waals surface area contributed by atoms with Crippen LogP contribution in [0.2, 0.25) is 0 Å². The van der Waals surface area contributed by atoms with Gasteiger partial charge in [0.25, 0.3) is 0 Å². The predicted octanol–water partition coefficient (Wildman–Crippen LogP) is 2.19. The number of ether oxygens (including phenoxy) is 2. The zero-order valence-corrected chi connectivity index (χ0v) is 13.6. The van der Waals surface area contributed by atoms with Gasteiger partial charge in [-0.1, -0.05) is 6.07 Å². The molecule has 0 aromatic heterocycles. The maximum atomic E-state index is 12.1. The summed E-state index contributed by atoms with van der Waals surface area (Å²) in [5.74, 6) is 3.90. The van der Waals surface area contributed by atoms with Crippen LogP contribution in [0.5, 0.6) is 11.5 Å². The van der Waals surface area contributed by atoms with Gasteiger partial charge in [0, 0.05) is 12.1 Å². The maximum Gasteiger partial charge on any atom is 0.315 e. The molecular weight excluding hydrogens is 300 g/mol. The molecule has 5 nitrogen and oxygen atoms in total. The third-order valence-corrected chi connectivity index (χ3v) is 5.12. The van der Waals surface area contributed by atoms with Crippen LogP contribution in [0.4, 0.5) is 4.79 Å². The minimum Gasteiger partial charge on any atom is -0.497 e. The molecule has 0 unspecified atom stereocenters. The fourth-order valence-corrected chi connectivity index (χ4v) is 3.93. The van der Waals surface area contributed by atoms with Crippen molar-refractivity contribution in [1.82, 2.24) is 10.6 Å². The van der Waals surface area contributed by atoms with E-state index < -0.39 is 0 Å². The summed E-state index contributed by atoms with van der Waals surface area (Å²) in [5.41, 5.74) is 1.10. The smallest absolute Gasteiger partial charge is 0.315 e. The van der Waals surface area contributed by atoms with Crippen molar-refractivity contribution in [2.75, 3.05) is 25.2 Å². The second-order valence-corrected chi connectivity index (χ2v) is 6.91. The SMILES string of the molecule is COc1ccc2c(c1)OC[C@H](NC(=O)NC1CCSCC1)C2. The highest BCUT2D eigenvalue weighted by Gasteiger charge is 2.23. The summed E-state index contributed by atoms with van der Waals surface area (Å²) in [6, 6.07) is 6.05. The monoisotopic (exact) mass is 322 g/mol. The van der Waals surface area contributed by atoms with E-state index in [-0.39, 0.29) is 12.1 Å². The number of benzene rings is 1. The lowest BCUT2D eigenvalue weighted by atomic mass is 10.0. The molecule has 1 aromatic rings. The number of carbonyl (C=O) groups excluding carboxylic acids is 1. The Balaban J connectivity index is 1.52. The van der Waals surface area contributed by atoms with Gasteiger partial charge < -0.3 is 20.1 Å². The third kappa shape index (κ3) is 3.80. The van der Waals surface area contributed by atoms with Crippen LogP contribution in [0, 0.1) is 0 Å². The number of amides is 2. The summed E-state index contributed by atoms with van der Waals surface area (Å²) in [6.07, 6.45) is 2.90. The lowest BCUT2D eigenvalue weighted by Gasteiger charge is -2.28. The highest BCUT2D eigenvalue weighted by Crippen LogP contribution is 2.29. The molecule has 0 saturated carbocycles. The van der Waals surface area contributed by atoms with Gasteiger partial charge in [0.2, 0.25) is 0 Å². The Labute approximate surface area is 135 Å². The molecule has 0 radical (unpaired) electrons. The molecule has 1 fully saturated rings. The zero-order valence-electron chi connectivity index (χ0n) is 12.8. The number of carbonyl (C=O) groups is 1. The third-order valence-electron chi connectivity index (χ3n) is 4.07. The molecule has 1 aromatic carbocycles. The molecule has 0 spiro atoms. The van der Waals surface area contributed by atoms with E-state index in [1.807, 2.05) is 30.0 Å². The lowest BCUT2D eigenvalue weighted by molar-refractivity contribution is 0.211. The van der Waals surface area contributed by atoms with E-state index in [1.54, 1.807) is 7.11 Å². The molecule has 6 heteroatoms. The van der Waals surface area contributed by atoms with Crippen LogP contribution in [0.1, 0.15) is 18.4 Å². The number of nitrogens with one attached hydrogen (secondary N) is 2. The summed E-state index contributed by atoms with van der Waals surface area (Å²) in [7, 11) is 1.64. The highest BCUT2D eigenvalue weighted by atomic mass is 32.2. The van der Waals surface area contributed by atoms with Crippen molar-refractivity contribution < 1.29 is 14.3 Å². The van der Waals surface area contributed by atoms with Gasteiger partial charge in [0.05, 0.1) is 13.2 Å². The molecule has 2 N–H and O–H groups in total. The Hall–Kier alpha value is -1.56. The van der Waals surface area contributed by atoms with Crippen LogP contribution >= 0.6 is 11.8 Å². The van der Waals surface area contributed by atoms with Crippen molar-refractivity contribution in [3.63, 3.8) is 0 Å². The van der Waals surface area contributed by atoms with E-state index in [4.69, 9.17) is 9.47 Å². The number of urea groups is 1. The predicted molar refractivity (Wildman–Crippen MR) is 88.0 cm³/mol. The van der Waals surface area contributed by atoms with Gasteiger partial charge in [0.1, 0.15) is 18.1 Å². The summed E-state index contributed by atoms with van der Waals surface area (Å²) in [5, 5.41) is 6.09. The van der Waals surface area contributed by atoms with Crippen LogP contribution < -0.4 is 20.1 Å². The minimum absolute atomic E-state index is 0.0128. The maximum absolute atomic E-state index is 12.1. The molecule has 2 heterocycles. The first-order chi connectivity index (χ1) is 10.7. The second kappa shape index (κ2) is 7.13. The Bertz CT molecular complexity index is 532. The number of hydrogen-bond acceptors (Lipinski definition) is 4. The van der Waals surface area contributed by atoms with Crippen molar-refractivity contribution in [2.24, 2.45) is 0 Å². The summed E-state index contributed by atoms with van der Waals surface area (Å²) in [6.45, 7) is 0.494. The van der Waals surface area contributed by atoms with Crippen molar-refractivity contribution in [1.29, 1.82) is 0 Å². The van der Waals surface area contributed by atoms with Crippen molar-refractivity contribution in [3.05, 3.63) is 23.8 Å². The Morgan fingerprint density at radius 1 is 1.27 bits per heavy atom. The average Bonchev–Trinajstić information content (AvgIpc) is 2.55. The number of methoxy groups -OCH3 is 1. The lowest BCUT2D eigenvalue weighted by Crippen LogP contribution is -2.50. The van der Waals surface area contributed by atoms with Gasteiger partial charge in [-0.3, -0.25) is 0 Å². The first-order valence-electron chi connectivity index (χ1n) is 7.69. The van der Waals surface area contributed by atoms with Crippen molar-refractivity contribution in [2.45, 2.75) is 31.3 Å². The summed E-state index contributed by atoms with van der Waals surface area (Å²) < 4.78 is 10.9. The molecule has 0 bridgehead atoms. The van der Waals surface area contributed by atoms with Gasteiger partial charge >= 0.3 is 6.03 Å². The average molecular weight is 322 g/mol. The summed E-state index contributed by atoms with van der Waals surface area (Å²) in [4.78, 5) is 12.1. The summed E-state index contributed by atoms with van der Waals surface area (Å²) >= 11 is 1.95. The fraction of sp³-hybridized carbons (Fsp3) is 0.562. The molecule has 22 heavy (non-hydrogen) atoms. The number of fused-ring (bicyclic) bond motifs is 1. The van der Waals surface area contributed by atoms with Crippen molar-refractivity contribution in [3.8, 4) is 11.5 Å². The first kappa shape index (κ1) is 15.3. The standard InChI is InChI=1S/C16H22N2O3S/c1-20-14-3-2-11-8-13(10-21-15(11)9-14)18-16(19)17-12-4-6-22-7-5-12/h2-3,9,12-13H,4-8,10H2,1H3,(H2,17,18,19)/t13-/m1/s1. The first-order valence-corrected chi connectivity index (χ1v) is 8.84. The molecule has 120 valence electrons. The fourth-order valence-electron chi connectivity index (χ4n) is 2.83. The quantitative estimate of drug-likeness (QED) is 0.896. The van der Waals surface area contributed by atoms with Gasteiger partial charge in [-0.25, -0.2) is 4.79 Å². The number of hydrogen-bond donors (Lipinski definition) is 2. The molecule has 1 saturated heterocycles. The van der Waals surface area contributed by atoms with Crippen LogP contribution in [-0.2, 0) is 6.42 Å². The van der Waals surface area contributed by atoms with Gasteiger partial charge in [-0.2, -0.15) is 11.8 Å². The Kier molecular flexibility index (Phi) is 4.97. The van der Waals surface area contributed by atoms with Crippen LogP contribution in [0.3, 0.4) is 0 Å². The van der Waals surface area contributed by atoms with E-state index in [2.05, 4.69) is 10.6 Å². The molecule has 0 aliphatic carbocycles. The molecule has 2 aliphatic rings. The number of rotatable bonds is 3.